The number of aromatic nitrogens is 2. The summed E-state index contributed by atoms with van der Waals surface area (Å²) in [5.74, 6) is 2.21. The van der Waals surface area contributed by atoms with Crippen LogP contribution < -0.4 is 4.74 Å². The first-order chi connectivity index (χ1) is 17.5. The minimum absolute atomic E-state index is 0.0542. The first-order valence-corrected chi connectivity index (χ1v) is 12.8. The molecule has 0 radical (unpaired) electrons. The summed E-state index contributed by atoms with van der Waals surface area (Å²) in [4.78, 5) is 12.7. The van der Waals surface area contributed by atoms with E-state index >= 15 is 0 Å². The molecule has 4 heterocycles. The molecule has 1 aromatic carbocycles. The highest BCUT2D eigenvalue weighted by Crippen LogP contribution is 2.69. The molecular formula is C28H31FN4O3. The lowest BCUT2D eigenvalue weighted by Gasteiger charge is -2.55. The van der Waals surface area contributed by atoms with Crippen LogP contribution in [0.25, 0.3) is 5.69 Å². The Bertz CT molecular complexity index is 1300. The van der Waals surface area contributed by atoms with E-state index in [1.807, 2.05) is 36.2 Å². The van der Waals surface area contributed by atoms with Crippen LogP contribution in [0.1, 0.15) is 36.4 Å². The van der Waals surface area contributed by atoms with Gasteiger partial charge in [-0.05, 0) is 49.0 Å². The average Bonchev–Trinajstić information content (AvgIpc) is 3.42. The Kier molecular flexibility index (Phi) is 4.87. The lowest BCUT2D eigenvalue weighted by molar-refractivity contribution is -0.146. The average molecular weight is 491 g/mol. The van der Waals surface area contributed by atoms with Gasteiger partial charge < -0.3 is 23.8 Å². The maximum atomic E-state index is 13.8. The summed E-state index contributed by atoms with van der Waals surface area (Å²) in [7, 11) is 1.72. The lowest BCUT2D eigenvalue weighted by Crippen LogP contribution is -2.64. The van der Waals surface area contributed by atoms with Gasteiger partial charge in [-0.1, -0.05) is 29.5 Å². The quantitative estimate of drug-likeness (QED) is 0.639. The summed E-state index contributed by atoms with van der Waals surface area (Å²) < 4.78 is 27.3. The lowest BCUT2D eigenvalue weighted by atomic mass is 9.69. The number of imidazole rings is 1. The maximum absolute atomic E-state index is 13.8. The van der Waals surface area contributed by atoms with Crippen molar-refractivity contribution in [3.63, 3.8) is 0 Å². The van der Waals surface area contributed by atoms with E-state index in [0.717, 1.165) is 61.1 Å². The summed E-state index contributed by atoms with van der Waals surface area (Å²) >= 11 is 0. The molecule has 2 aromatic rings. The molecule has 4 unspecified atom stereocenters. The molecule has 1 saturated carbocycles. The number of allylic oxidation sites excluding steroid dienone is 2. The van der Waals surface area contributed by atoms with Crippen molar-refractivity contribution in [1.82, 2.24) is 14.5 Å². The third-order valence-corrected chi connectivity index (χ3v) is 8.62. The van der Waals surface area contributed by atoms with E-state index in [1.165, 1.54) is 5.56 Å². The van der Waals surface area contributed by atoms with E-state index in [0.29, 0.717) is 18.9 Å². The van der Waals surface area contributed by atoms with Gasteiger partial charge in [-0.2, -0.15) is 0 Å². The number of piperidine rings is 1. The largest absolute Gasteiger partial charge is 0.495 e. The number of benzene rings is 1. The summed E-state index contributed by atoms with van der Waals surface area (Å²) in [6.45, 7) is 4.93. The molecule has 2 saturated heterocycles. The van der Waals surface area contributed by atoms with Crippen LogP contribution in [0.5, 0.6) is 5.75 Å². The monoisotopic (exact) mass is 490 g/mol. The van der Waals surface area contributed by atoms with Gasteiger partial charge in [-0.15, -0.1) is 0 Å². The van der Waals surface area contributed by atoms with E-state index < -0.39 is 6.17 Å². The highest BCUT2D eigenvalue weighted by atomic mass is 19.1. The molecule has 1 aromatic heterocycles. The summed E-state index contributed by atoms with van der Waals surface area (Å²) in [5, 5.41) is 4.67. The van der Waals surface area contributed by atoms with E-state index in [9.17, 15) is 4.39 Å². The molecule has 8 heteroatoms. The number of hydrogen-bond acceptors (Lipinski definition) is 6. The zero-order chi connectivity index (χ0) is 24.5. The minimum Gasteiger partial charge on any atom is -0.495 e. The number of amidine groups is 1. The number of alkyl halides is 1. The van der Waals surface area contributed by atoms with Crippen LogP contribution in [0.3, 0.4) is 0 Å². The summed E-state index contributed by atoms with van der Waals surface area (Å²) in [6, 6.07) is 6.56. The molecule has 2 spiro atoms. The Morgan fingerprint density at radius 1 is 1.25 bits per heavy atom. The third kappa shape index (κ3) is 3.34. The van der Waals surface area contributed by atoms with Crippen LogP contribution in [0.2, 0.25) is 0 Å². The van der Waals surface area contributed by atoms with Crippen molar-refractivity contribution < 1.29 is 18.7 Å². The van der Waals surface area contributed by atoms with Crippen molar-refractivity contribution in [1.29, 1.82) is 0 Å². The first kappa shape index (κ1) is 22.1. The second-order valence-electron chi connectivity index (χ2n) is 11.1. The van der Waals surface area contributed by atoms with Gasteiger partial charge >= 0.3 is 0 Å². The fraction of sp³-hybridized carbons (Fsp3) is 0.500. The molecular weight excluding hydrogens is 459 g/mol. The second kappa shape index (κ2) is 7.93. The van der Waals surface area contributed by atoms with E-state index in [4.69, 9.17) is 14.3 Å². The molecule has 36 heavy (non-hydrogen) atoms. The highest BCUT2D eigenvalue weighted by Gasteiger charge is 2.68. The van der Waals surface area contributed by atoms with Gasteiger partial charge in [0.25, 0.3) is 0 Å². The van der Waals surface area contributed by atoms with Crippen LogP contribution in [-0.2, 0) is 9.57 Å². The SMILES string of the molecule is COc1cc(C2CC23CC2(COC2)CN2C3=NOCC2C2=CCC(F)C=C2)ccc1-n1cnc(C)c1. The van der Waals surface area contributed by atoms with Crippen LogP contribution in [0, 0.1) is 17.8 Å². The number of fused-ring (bicyclic) bond motifs is 2. The number of methoxy groups -OCH3 is 1. The standard InChI is InChI=1S/C28H31FN4O3/c1-18-11-32(17-30-18)23-8-5-20(9-25(23)34-2)22-10-28(22)13-27(15-35-16-27)14-33-24(12-36-31-26(28)33)19-3-6-21(29)7-4-19/h3-6,8-9,11,17,21-22,24H,7,10,12-16H2,1-2H3. The van der Waals surface area contributed by atoms with Crippen molar-refractivity contribution in [3.8, 4) is 11.4 Å². The molecule has 4 atom stereocenters. The topological polar surface area (TPSA) is 61.1 Å². The van der Waals surface area contributed by atoms with Gasteiger partial charge in [-0.25, -0.2) is 9.37 Å². The number of aryl methyl sites for hydroxylation is 1. The molecule has 3 fully saturated rings. The van der Waals surface area contributed by atoms with Crippen LogP contribution in [-0.4, -0.2) is 66.0 Å². The van der Waals surface area contributed by atoms with Crippen molar-refractivity contribution in [2.45, 2.75) is 44.3 Å². The fourth-order valence-corrected chi connectivity index (χ4v) is 6.77. The fourth-order valence-electron chi connectivity index (χ4n) is 6.77. The number of oxime groups is 1. The number of rotatable bonds is 4. The predicted molar refractivity (Wildman–Crippen MR) is 133 cm³/mol. The van der Waals surface area contributed by atoms with Gasteiger partial charge in [0.1, 0.15) is 18.5 Å². The molecule has 2 aliphatic carbocycles. The van der Waals surface area contributed by atoms with Gasteiger partial charge in [0.15, 0.2) is 5.84 Å². The van der Waals surface area contributed by atoms with Gasteiger partial charge in [0.2, 0.25) is 0 Å². The summed E-state index contributed by atoms with van der Waals surface area (Å²) in [6.07, 6.45) is 11.0. The Labute approximate surface area is 210 Å². The Balaban J connectivity index is 1.23. The van der Waals surface area contributed by atoms with Crippen molar-refractivity contribution >= 4 is 5.84 Å². The zero-order valence-corrected chi connectivity index (χ0v) is 20.7. The molecule has 0 bridgehead atoms. The minimum atomic E-state index is -0.900. The molecule has 3 aliphatic heterocycles. The predicted octanol–water partition coefficient (Wildman–Crippen LogP) is 4.32. The van der Waals surface area contributed by atoms with Gasteiger partial charge in [0.05, 0.1) is 44.1 Å². The van der Waals surface area contributed by atoms with Crippen molar-refractivity contribution in [3.05, 3.63) is 65.8 Å². The van der Waals surface area contributed by atoms with Crippen molar-refractivity contribution in [2.24, 2.45) is 16.0 Å². The van der Waals surface area contributed by atoms with Crippen molar-refractivity contribution in [2.75, 3.05) is 33.5 Å². The third-order valence-electron chi connectivity index (χ3n) is 8.62. The number of hydrogen-bond donors (Lipinski definition) is 0. The molecule has 0 N–H and O–H groups in total. The Morgan fingerprint density at radius 2 is 2.14 bits per heavy atom. The smallest absolute Gasteiger partial charge is 0.152 e. The van der Waals surface area contributed by atoms with Gasteiger partial charge in [-0.3, -0.25) is 0 Å². The number of halogens is 1. The molecule has 7 nitrogen and oxygen atoms in total. The molecule has 5 aliphatic rings. The second-order valence-corrected chi connectivity index (χ2v) is 11.1. The zero-order valence-electron chi connectivity index (χ0n) is 20.7. The molecule has 188 valence electrons. The van der Waals surface area contributed by atoms with Crippen LogP contribution >= 0.6 is 0 Å². The normalized spacial score (nSPS) is 31.9. The maximum Gasteiger partial charge on any atom is 0.152 e. The first-order valence-electron chi connectivity index (χ1n) is 12.8. The highest BCUT2D eigenvalue weighted by molar-refractivity contribution is 5.94. The Hall–Kier alpha value is -3.13. The molecule has 0 amide bonds. The van der Waals surface area contributed by atoms with E-state index in [-0.39, 0.29) is 16.9 Å². The molecule has 7 rings (SSSR count). The van der Waals surface area contributed by atoms with Crippen LogP contribution in [0.15, 0.2) is 59.7 Å². The number of ether oxygens (including phenoxy) is 2. The van der Waals surface area contributed by atoms with Gasteiger partial charge in [0, 0.05) is 30.0 Å². The van der Waals surface area contributed by atoms with E-state index in [2.05, 4.69) is 33.2 Å². The Morgan fingerprint density at radius 3 is 2.83 bits per heavy atom. The number of nitrogens with zero attached hydrogens (tertiary/aromatic N) is 4. The van der Waals surface area contributed by atoms with E-state index in [1.54, 1.807) is 13.2 Å². The van der Waals surface area contributed by atoms with Crippen LogP contribution in [0.4, 0.5) is 4.39 Å². The summed E-state index contributed by atoms with van der Waals surface area (Å²) in [5.41, 5.74) is 4.37.